The van der Waals surface area contributed by atoms with Crippen LogP contribution in [0.25, 0.3) is 0 Å². The van der Waals surface area contributed by atoms with E-state index in [9.17, 15) is 14.3 Å². The average Bonchev–Trinajstić information content (AvgIpc) is 2.77. The average molecular weight is 323 g/mol. The predicted molar refractivity (Wildman–Crippen MR) is 84.0 cm³/mol. The maximum absolute atomic E-state index is 13.8. The summed E-state index contributed by atoms with van der Waals surface area (Å²) in [5.74, 6) is -1.53. The highest BCUT2D eigenvalue weighted by molar-refractivity contribution is 7.12. The summed E-state index contributed by atoms with van der Waals surface area (Å²) in [6.45, 7) is 4.42. The molecule has 1 heterocycles. The third-order valence-electron chi connectivity index (χ3n) is 3.40. The van der Waals surface area contributed by atoms with Gasteiger partial charge in [-0.05, 0) is 43.2 Å². The van der Waals surface area contributed by atoms with Gasteiger partial charge in [0, 0.05) is 16.3 Å². The van der Waals surface area contributed by atoms with Crippen LogP contribution in [-0.2, 0) is 11.3 Å². The Morgan fingerprint density at radius 2 is 2.14 bits per heavy atom. The van der Waals surface area contributed by atoms with Gasteiger partial charge in [0.25, 0.3) is 0 Å². The van der Waals surface area contributed by atoms with Gasteiger partial charge in [-0.3, -0.25) is 10.1 Å². The molecule has 1 unspecified atom stereocenters. The van der Waals surface area contributed by atoms with E-state index in [0.717, 1.165) is 10.4 Å². The van der Waals surface area contributed by atoms with Gasteiger partial charge in [0.1, 0.15) is 6.04 Å². The van der Waals surface area contributed by atoms with E-state index >= 15 is 0 Å². The second-order valence-electron chi connectivity index (χ2n) is 4.98. The third-order valence-corrected chi connectivity index (χ3v) is 4.40. The number of aliphatic carboxylic acids is 1. The zero-order chi connectivity index (χ0) is 16.3. The number of carboxylic acids is 1. The Hall–Kier alpha value is -1.92. The van der Waals surface area contributed by atoms with Gasteiger partial charge in [0.2, 0.25) is 0 Å². The number of carboxylic acid groups (broad SMARTS) is 1. The van der Waals surface area contributed by atoms with Gasteiger partial charge in [0.05, 0.1) is 7.11 Å². The van der Waals surface area contributed by atoms with Crippen molar-refractivity contribution in [3.8, 4) is 5.75 Å². The molecule has 0 aliphatic carbocycles. The molecule has 0 saturated carbocycles. The van der Waals surface area contributed by atoms with Gasteiger partial charge >= 0.3 is 5.97 Å². The number of hydrogen-bond acceptors (Lipinski definition) is 4. The largest absolute Gasteiger partial charge is 0.494 e. The van der Waals surface area contributed by atoms with Gasteiger partial charge in [-0.25, -0.2) is 4.39 Å². The van der Waals surface area contributed by atoms with E-state index in [4.69, 9.17) is 4.74 Å². The fourth-order valence-corrected chi connectivity index (χ4v) is 3.23. The maximum Gasteiger partial charge on any atom is 0.325 e. The van der Waals surface area contributed by atoms with Gasteiger partial charge < -0.3 is 9.84 Å². The van der Waals surface area contributed by atoms with Crippen LogP contribution in [-0.4, -0.2) is 18.2 Å². The van der Waals surface area contributed by atoms with Gasteiger partial charge in [-0.1, -0.05) is 6.07 Å². The summed E-state index contributed by atoms with van der Waals surface area (Å²) in [6, 6.07) is 5.23. The summed E-state index contributed by atoms with van der Waals surface area (Å²) in [6.07, 6.45) is 0. The zero-order valence-corrected chi connectivity index (χ0v) is 13.5. The van der Waals surface area contributed by atoms with Crippen LogP contribution in [0.3, 0.4) is 0 Å². The van der Waals surface area contributed by atoms with Crippen LogP contribution in [0, 0.1) is 19.7 Å². The number of nitrogens with one attached hydrogen (secondary N) is 1. The summed E-state index contributed by atoms with van der Waals surface area (Å²) in [7, 11) is 1.37. The standard InChI is InChI=1S/C16H18FNO3S/c1-9-6-12(10(2)22-9)8-18-15(16(19)20)11-4-5-14(21-3)13(17)7-11/h4-7,15,18H,8H2,1-3H3,(H,19,20). The van der Waals surface area contributed by atoms with E-state index in [1.807, 2.05) is 19.9 Å². The summed E-state index contributed by atoms with van der Waals surface area (Å²) >= 11 is 1.67. The second kappa shape index (κ2) is 6.89. The van der Waals surface area contributed by atoms with Crippen LogP contribution in [0.2, 0.25) is 0 Å². The SMILES string of the molecule is COc1ccc(C(NCc2cc(C)sc2C)C(=O)O)cc1F. The second-order valence-corrected chi connectivity index (χ2v) is 6.45. The molecule has 22 heavy (non-hydrogen) atoms. The Labute approximate surface area is 132 Å². The van der Waals surface area contributed by atoms with Crippen molar-refractivity contribution in [1.82, 2.24) is 5.32 Å². The Balaban J connectivity index is 2.18. The Morgan fingerprint density at radius 3 is 2.64 bits per heavy atom. The lowest BCUT2D eigenvalue weighted by atomic mass is 10.1. The van der Waals surface area contributed by atoms with Crippen LogP contribution < -0.4 is 10.1 Å². The number of halogens is 1. The quantitative estimate of drug-likeness (QED) is 0.855. The predicted octanol–water partition coefficient (Wildman–Crippen LogP) is 3.43. The first-order chi connectivity index (χ1) is 10.4. The third kappa shape index (κ3) is 3.64. The molecule has 1 aromatic heterocycles. The maximum atomic E-state index is 13.8. The molecule has 0 aliphatic rings. The monoisotopic (exact) mass is 323 g/mol. The van der Waals surface area contributed by atoms with Gasteiger partial charge in [0.15, 0.2) is 11.6 Å². The molecule has 1 atom stereocenters. The minimum absolute atomic E-state index is 0.0946. The van der Waals surface area contributed by atoms with Crippen molar-refractivity contribution in [2.75, 3.05) is 7.11 Å². The molecule has 0 aliphatic heterocycles. The highest BCUT2D eigenvalue weighted by Gasteiger charge is 2.21. The number of ether oxygens (including phenoxy) is 1. The first-order valence-electron chi connectivity index (χ1n) is 6.78. The highest BCUT2D eigenvalue weighted by atomic mass is 32.1. The lowest BCUT2D eigenvalue weighted by Gasteiger charge is -2.15. The number of aryl methyl sites for hydroxylation is 2. The van der Waals surface area contributed by atoms with Crippen molar-refractivity contribution < 1.29 is 19.0 Å². The molecule has 0 amide bonds. The molecule has 1 aromatic carbocycles. The van der Waals surface area contributed by atoms with Crippen molar-refractivity contribution in [2.24, 2.45) is 0 Å². The minimum atomic E-state index is -1.05. The Morgan fingerprint density at radius 1 is 1.41 bits per heavy atom. The molecular formula is C16H18FNO3S. The lowest BCUT2D eigenvalue weighted by molar-refractivity contribution is -0.139. The fourth-order valence-electron chi connectivity index (χ4n) is 2.28. The number of hydrogen-bond donors (Lipinski definition) is 2. The number of thiophene rings is 1. The van der Waals surface area contributed by atoms with Crippen molar-refractivity contribution in [1.29, 1.82) is 0 Å². The first kappa shape index (κ1) is 16.5. The molecule has 0 radical (unpaired) electrons. The van der Waals surface area contributed by atoms with E-state index in [2.05, 4.69) is 5.32 Å². The van der Waals surface area contributed by atoms with E-state index in [0.29, 0.717) is 12.1 Å². The lowest BCUT2D eigenvalue weighted by Crippen LogP contribution is -2.28. The normalized spacial score (nSPS) is 12.2. The molecule has 2 rings (SSSR count). The van der Waals surface area contributed by atoms with Crippen LogP contribution in [0.5, 0.6) is 5.75 Å². The Kier molecular flexibility index (Phi) is 5.15. The number of benzene rings is 1. The fraction of sp³-hybridized carbons (Fsp3) is 0.312. The minimum Gasteiger partial charge on any atom is -0.494 e. The molecule has 0 saturated heterocycles. The van der Waals surface area contributed by atoms with Crippen LogP contribution in [0.1, 0.15) is 26.9 Å². The molecule has 2 aromatic rings. The number of methoxy groups -OCH3 is 1. The molecular weight excluding hydrogens is 305 g/mol. The molecule has 2 N–H and O–H groups in total. The summed E-state index contributed by atoms with van der Waals surface area (Å²) in [5.41, 5.74) is 1.41. The van der Waals surface area contributed by atoms with E-state index in [1.54, 1.807) is 17.4 Å². The van der Waals surface area contributed by atoms with Crippen molar-refractivity contribution >= 4 is 17.3 Å². The molecule has 118 valence electrons. The van der Waals surface area contributed by atoms with Crippen molar-refractivity contribution in [2.45, 2.75) is 26.4 Å². The van der Waals surface area contributed by atoms with Crippen LogP contribution in [0.4, 0.5) is 4.39 Å². The Bertz CT molecular complexity index is 684. The van der Waals surface area contributed by atoms with E-state index in [-0.39, 0.29) is 5.75 Å². The zero-order valence-electron chi connectivity index (χ0n) is 12.6. The molecule has 0 bridgehead atoms. The van der Waals surface area contributed by atoms with Crippen molar-refractivity contribution in [3.05, 3.63) is 51.0 Å². The molecule has 0 fully saturated rings. The topological polar surface area (TPSA) is 58.6 Å². The van der Waals surface area contributed by atoms with Gasteiger partial charge in [-0.2, -0.15) is 0 Å². The number of carbonyl (C=O) groups is 1. The van der Waals surface area contributed by atoms with Crippen LogP contribution >= 0.6 is 11.3 Å². The summed E-state index contributed by atoms with van der Waals surface area (Å²) in [5, 5.41) is 12.4. The van der Waals surface area contributed by atoms with Crippen LogP contribution in [0.15, 0.2) is 24.3 Å². The summed E-state index contributed by atoms with van der Waals surface area (Å²) in [4.78, 5) is 13.8. The highest BCUT2D eigenvalue weighted by Crippen LogP contribution is 2.24. The molecule has 0 spiro atoms. The van der Waals surface area contributed by atoms with Gasteiger partial charge in [-0.15, -0.1) is 11.3 Å². The van der Waals surface area contributed by atoms with E-state index < -0.39 is 17.8 Å². The van der Waals surface area contributed by atoms with Crippen molar-refractivity contribution in [3.63, 3.8) is 0 Å². The number of rotatable bonds is 6. The summed E-state index contributed by atoms with van der Waals surface area (Å²) < 4.78 is 18.6. The van der Waals surface area contributed by atoms with E-state index in [1.165, 1.54) is 24.1 Å². The molecule has 4 nitrogen and oxygen atoms in total. The smallest absolute Gasteiger partial charge is 0.325 e. The molecule has 6 heteroatoms. The first-order valence-corrected chi connectivity index (χ1v) is 7.59.